The summed E-state index contributed by atoms with van der Waals surface area (Å²) in [6.45, 7) is 10.8. The normalized spacial score (nSPS) is 19.4. The molecule has 2 fully saturated rings. The highest BCUT2D eigenvalue weighted by Crippen LogP contribution is 2.36. The van der Waals surface area contributed by atoms with Crippen LogP contribution in [0, 0.1) is 5.92 Å². The third-order valence-corrected chi connectivity index (χ3v) is 12.4. The average Bonchev–Trinajstić information content (AvgIpc) is 3.67. The minimum absolute atomic E-state index is 0.00817. The molecule has 3 heterocycles. The number of halogens is 1. The van der Waals surface area contributed by atoms with Gasteiger partial charge in [0.25, 0.3) is 11.8 Å². The maximum atomic E-state index is 13.8. The number of aromatic nitrogens is 1. The van der Waals surface area contributed by atoms with E-state index in [1.807, 2.05) is 51.6 Å². The molecule has 3 unspecified atom stereocenters. The van der Waals surface area contributed by atoms with Gasteiger partial charge in [-0.2, -0.15) is 0 Å². The molecule has 3 aromatic carbocycles. The van der Waals surface area contributed by atoms with E-state index in [0.717, 1.165) is 59.1 Å². The van der Waals surface area contributed by atoms with E-state index in [9.17, 15) is 9.59 Å². The van der Waals surface area contributed by atoms with Crippen molar-refractivity contribution in [2.75, 3.05) is 39.3 Å². The number of benzene rings is 3. The van der Waals surface area contributed by atoms with Gasteiger partial charge in [-0.1, -0.05) is 105 Å². The van der Waals surface area contributed by atoms with E-state index in [1.165, 1.54) is 16.7 Å². The number of carbonyl (C=O) groups is 2. The van der Waals surface area contributed by atoms with Crippen LogP contribution in [-0.2, 0) is 5.16 Å². The van der Waals surface area contributed by atoms with E-state index in [0.29, 0.717) is 37.8 Å². The Balaban J connectivity index is 0.957. The van der Waals surface area contributed by atoms with E-state index >= 15 is 0 Å². The Morgan fingerprint density at radius 2 is 1.56 bits per heavy atom. The molecule has 9 heteroatoms. The highest BCUT2D eigenvalue weighted by atomic mass is 35.5. The zero-order valence-electron chi connectivity index (χ0n) is 30.3. The largest absolute Gasteiger partial charge is 0.339 e. The molecule has 270 valence electrons. The SMILES string of the molecule is CC1C=CC(C(c2ccc(Cl)cc2)N2CCN(C(=O)c3csc(C4CCN(C(=O)c5ccccc5-c5ccc(C(C)(C)P)cc5)CC4)n3)CC2)=CC1. The van der Waals surface area contributed by atoms with Gasteiger partial charge in [-0.15, -0.1) is 20.6 Å². The summed E-state index contributed by atoms with van der Waals surface area (Å²) in [5, 5.41) is 3.66. The number of rotatable bonds is 8. The second kappa shape index (κ2) is 15.8. The van der Waals surface area contributed by atoms with Crippen molar-refractivity contribution in [3.63, 3.8) is 0 Å². The van der Waals surface area contributed by atoms with Gasteiger partial charge in [-0.05, 0) is 71.2 Å². The Kier molecular flexibility index (Phi) is 11.1. The average molecular weight is 751 g/mol. The number of piperidine rings is 1. The number of hydrogen-bond donors (Lipinski definition) is 0. The molecule has 3 atom stereocenters. The lowest BCUT2D eigenvalue weighted by Crippen LogP contribution is -2.50. The summed E-state index contributed by atoms with van der Waals surface area (Å²) < 4.78 is 0. The molecule has 52 heavy (non-hydrogen) atoms. The van der Waals surface area contributed by atoms with Crippen LogP contribution in [0.5, 0.6) is 0 Å². The Morgan fingerprint density at radius 1 is 0.885 bits per heavy atom. The van der Waals surface area contributed by atoms with Crippen LogP contribution < -0.4 is 0 Å². The lowest BCUT2D eigenvalue weighted by Gasteiger charge is -2.40. The number of piperazine rings is 1. The Hall–Kier alpha value is -3.61. The molecular formula is C43H48ClN4O2PS. The van der Waals surface area contributed by atoms with Crippen molar-refractivity contribution < 1.29 is 9.59 Å². The Morgan fingerprint density at radius 3 is 2.21 bits per heavy atom. The Labute approximate surface area is 319 Å². The molecule has 0 spiro atoms. The first kappa shape index (κ1) is 36.7. The molecule has 2 aliphatic heterocycles. The van der Waals surface area contributed by atoms with Crippen LogP contribution in [0.4, 0.5) is 0 Å². The highest BCUT2D eigenvalue weighted by molar-refractivity contribution is 7.18. The number of likely N-dealkylation sites (tertiary alicyclic amines) is 1. The lowest BCUT2D eigenvalue weighted by molar-refractivity contribution is 0.0591. The fraction of sp³-hybridized carbons (Fsp3) is 0.372. The van der Waals surface area contributed by atoms with Crippen molar-refractivity contribution in [1.29, 1.82) is 0 Å². The van der Waals surface area contributed by atoms with Crippen LogP contribution in [-0.4, -0.2) is 70.8 Å². The van der Waals surface area contributed by atoms with E-state index in [1.54, 1.807) is 11.3 Å². The molecule has 7 rings (SSSR count). The number of allylic oxidation sites excluding steroid dienone is 2. The van der Waals surface area contributed by atoms with Crippen molar-refractivity contribution in [3.8, 4) is 11.1 Å². The predicted octanol–water partition coefficient (Wildman–Crippen LogP) is 9.61. The number of amides is 2. The summed E-state index contributed by atoms with van der Waals surface area (Å²) in [6, 6.07) is 24.8. The summed E-state index contributed by atoms with van der Waals surface area (Å²) in [4.78, 5) is 38.8. The van der Waals surface area contributed by atoms with Crippen LogP contribution >= 0.6 is 32.2 Å². The molecule has 2 amide bonds. The van der Waals surface area contributed by atoms with E-state index in [2.05, 4.69) is 89.5 Å². The molecule has 0 bridgehead atoms. The highest BCUT2D eigenvalue weighted by Gasteiger charge is 2.32. The van der Waals surface area contributed by atoms with E-state index in [-0.39, 0.29) is 28.9 Å². The topological polar surface area (TPSA) is 56.8 Å². The monoisotopic (exact) mass is 750 g/mol. The molecule has 0 saturated carbocycles. The summed E-state index contributed by atoms with van der Waals surface area (Å²) in [6.07, 6.45) is 9.64. The number of thiazole rings is 1. The van der Waals surface area contributed by atoms with Crippen LogP contribution in [0.15, 0.2) is 102 Å². The molecule has 0 N–H and O–H groups in total. The van der Waals surface area contributed by atoms with Gasteiger partial charge >= 0.3 is 0 Å². The van der Waals surface area contributed by atoms with Gasteiger partial charge in [0.05, 0.1) is 11.0 Å². The van der Waals surface area contributed by atoms with E-state index < -0.39 is 0 Å². The van der Waals surface area contributed by atoms with Crippen molar-refractivity contribution in [1.82, 2.24) is 19.7 Å². The van der Waals surface area contributed by atoms with Crippen LogP contribution in [0.25, 0.3) is 11.1 Å². The molecule has 1 aromatic heterocycles. The quantitative estimate of drug-likeness (QED) is 0.168. The number of hydrogen-bond acceptors (Lipinski definition) is 5. The molecule has 2 saturated heterocycles. The molecule has 6 nitrogen and oxygen atoms in total. The zero-order valence-corrected chi connectivity index (χ0v) is 33.0. The first-order valence-corrected chi connectivity index (χ1v) is 20.3. The van der Waals surface area contributed by atoms with Crippen LogP contribution in [0.3, 0.4) is 0 Å². The molecule has 3 aliphatic rings. The molecular weight excluding hydrogens is 703 g/mol. The Bertz CT molecular complexity index is 1950. The van der Waals surface area contributed by atoms with Crippen molar-refractivity contribution in [2.45, 2.75) is 57.1 Å². The first-order valence-electron chi connectivity index (χ1n) is 18.5. The lowest BCUT2D eigenvalue weighted by atomic mass is 9.89. The minimum atomic E-state index is -0.00817. The molecule has 1 aliphatic carbocycles. The van der Waals surface area contributed by atoms with E-state index in [4.69, 9.17) is 16.6 Å². The van der Waals surface area contributed by atoms with Crippen molar-refractivity contribution >= 4 is 44.0 Å². The second-order valence-corrected chi connectivity index (χ2v) is 17.8. The minimum Gasteiger partial charge on any atom is -0.339 e. The fourth-order valence-corrected chi connectivity index (χ4v) is 8.91. The first-order chi connectivity index (χ1) is 25.0. The molecule has 0 radical (unpaired) electrons. The van der Waals surface area contributed by atoms with Gasteiger partial charge in [-0.25, -0.2) is 4.98 Å². The van der Waals surface area contributed by atoms with Gasteiger partial charge in [0, 0.05) is 66.3 Å². The summed E-state index contributed by atoms with van der Waals surface area (Å²) >= 11 is 7.82. The van der Waals surface area contributed by atoms with Crippen molar-refractivity contribution in [2.24, 2.45) is 5.92 Å². The van der Waals surface area contributed by atoms with Gasteiger partial charge in [0.1, 0.15) is 5.69 Å². The summed E-state index contributed by atoms with van der Waals surface area (Å²) in [5.41, 5.74) is 7.06. The third-order valence-electron chi connectivity index (χ3n) is 10.8. The van der Waals surface area contributed by atoms with Crippen LogP contribution in [0.2, 0.25) is 5.02 Å². The van der Waals surface area contributed by atoms with Gasteiger partial charge in [0.2, 0.25) is 0 Å². The standard InChI is InChI=1S/C43H48ClN4O2PS/c1-29-8-10-31(11-9-29)39(32-14-18-35(44)19-15-32)46-24-26-48(27-25-46)42(50)38-28-52-40(45-38)33-20-22-47(23-21-33)41(49)37-7-5-4-6-36(37)30-12-16-34(17-13-30)43(2,3)51/h4-8,10-19,28-29,33,39H,9,20-27,51H2,1-3H3. The molecule has 4 aromatic rings. The number of nitrogens with zero attached hydrogens (tertiary/aromatic N) is 4. The summed E-state index contributed by atoms with van der Waals surface area (Å²) in [7, 11) is 2.89. The predicted molar refractivity (Wildman–Crippen MR) is 217 cm³/mol. The number of carbonyl (C=O) groups excluding carboxylic acids is 2. The maximum Gasteiger partial charge on any atom is 0.273 e. The smallest absolute Gasteiger partial charge is 0.273 e. The zero-order chi connectivity index (χ0) is 36.4. The van der Waals surface area contributed by atoms with Gasteiger partial charge < -0.3 is 9.80 Å². The van der Waals surface area contributed by atoms with Gasteiger partial charge in [0.15, 0.2) is 0 Å². The fourth-order valence-electron chi connectivity index (χ4n) is 7.63. The third kappa shape index (κ3) is 8.14. The second-order valence-electron chi connectivity index (χ2n) is 15.0. The van der Waals surface area contributed by atoms with Crippen LogP contribution in [0.1, 0.15) is 89.0 Å². The van der Waals surface area contributed by atoms with Crippen molar-refractivity contribution in [3.05, 3.63) is 134 Å². The summed E-state index contributed by atoms with van der Waals surface area (Å²) in [5.74, 6) is 0.869. The maximum absolute atomic E-state index is 13.8. The van der Waals surface area contributed by atoms with Gasteiger partial charge in [-0.3, -0.25) is 14.5 Å².